The van der Waals surface area contributed by atoms with E-state index in [1.165, 1.54) is 11.0 Å². The van der Waals surface area contributed by atoms with Crippen LogP contribution in [0.1, 0.15) is 34.5 Å². The van der Waals surface area contributed by atoms with Crippen LogP contribution in [0.5, 0.6) is 0 Å². The number of nitrogens with zero attached hydrogens (tertiary/aromatic N) is 3. The van der Waals surface area contributed by atoms with Crippen LogP contribution in [0.15, 0.2) is 60.8 Å². The van der Waals surface area contributed by atoms with Gasteiger partial charge in [0.2, 0.25) is 11.8 Å². The zero-order chi connectivity index (χ0) is 27.0. The Hall–Kier alpha value is -4.05. The number of allylic oxidation sites excluding steroid dienone is 1. The maximum Gasteiger partial charge on any atom is 0.275 e. The largest absolute Gasteiger partial charge is 0.354 e. The first-order chi connectivity index (χ1) is 18.1. The number of aryl methyl sites for hydroxylation is 1. The zero-order valence-corrected chi connectivity index (χ0v) is 21.1. The monoisotopic (exact) mass is 539 g/mol. The van der Waals surface area contributed by atoms with Crippen LogP contribution < -0.4 is 15.5 Å². The van der Waals surface area contributed by atoms with Gasteiger partial charge in [-0.3, -0.25) is 14.4 Å². The van der Waals surface area contributed by atoms with Gasteiger partial charge in [0.25, 0.3) is 11.8 Å². The molecule has 1 saturated heterocycles. The van der Waals surface area contributed by atoms with Gasteiger partial charge in [0.05, 0.1) is 27.7 Å². The molecule has 0 radical (unpaired) electrons. The number of rotatable bonds is 4. The minimum absolute atomic E-state index is 0.0501. The quantitative estimate of drug-likeness (QED) is 0.491. The fraction of sp³-hybridized carbons (Fsp3) is 0.259. The SMILES string of the molecule is Cc1ccn(-c2ccc(C(=O)N3CCC(F)(F)/C(=C\C(=O)NC4CCNC4=O)c4ccccc43)c(Cl)c2)n1. The number of hydrogen-bond acceptors (Lipinski definition) is 4. The standard InChI is InChI=1S/C27H24ClF2N5O3/c1-16-9-12-35(33-16)17-6-7-19(21(28)14-17)26(38)34-13-10-27(29,30)20(18-4-2-3-5-23(18)34)15-24(36)32-22-8-11-31-25(22)37/h2-7,9,12,14-15,22H,8,10-11,13H2,1H3,(H,31,37)(H,32,36)/b20-15-. The van der Waals surface area contributed by atoms with Crippen LogP contribution in [0.3, 0.4) is 0 Å². The van der Waals surface area contributed by atoms with Gasteiger partial charge in [-0.2, -0.15) is 5.10 Å². The lowest BCUT2D eigenvalue weighted by Crippen LogP contribution is -2.39. The van der Waals surface area contributed by atoms with Crippen molar-refractivity contribution in [2.75, 3.05) is 18.0 Å². The minimum Gasteiger partial charge on any atom is -0.354 e. The number of carbonyl (C=O) groups is 3. The van der Waals surface area contributed by atoms with Crippen LogP contribution in [0.4, 0.5) is 14.5 Å². The molecule has 0 bridgehead atoms. The van der Waals surface area contributed by atoms with Gasteiger partial charge in [0, 0.05) is 42.9 Å². The molecule has 2 N–H and O–H groups in total. The van der Waals surface area contributed by atoms with Gasteiger partial charge in [-0.25, -0.2) is 13.5 Å². The third-order valence-electron chi connectivity index (χ3n) is 6.58. The van der Waals surface area contributed by atoms with Crippen molar-refractivity contribution in [3.8, 4) is 5.69 Å². The molecule has 3 aromatic rings. The zero-order valence-electron chi connectivity index (χ0n) is 20.4. The third kappa shape index (κ3) is 4.91. The number of aromatic nitrogens is 2. The lowest BCUT2D eigenvalue weighted by Gasteiger charge is -2.23. The highest BCUT2D eigenvalue weighted by Gasteiger charge is 2.42. The topological polar surface area (TPSA) is 96.3 Å². The van der Waals surface area contributed by atoms with E-state index < -0.39 is 35.8 Å². The van der Waals surface area contributed by atoms with Crippen LogP contribution in [0.2, 0.25) is 5.02 Å². The highest BCUT2D eigenvalue weighted by molar-refractivity contribution is 6.34. The summed E-state index contributed by atoms with van der Waals surface area (Å²) in [5, 5.41) is 9.56. The smallest absolute Gasteiger partial charge is 0.275 e. The molecule has 0 aliphatic carbocycles. The Morgan fingerprint density at radius 1 is 1.21 bits per heavy atom. The molecule has 1 atom stereocenters. The first kappa shape index (κ1) is 25.6. The van der Waals surface area contributed by atoms with Crippen LogP contribution in [-0.2, 0) is 9.59 Å². The first-order valence-corrected chi connectivity index (χ1v) is 12.4. The summed E-state index contributed by atoms with van der Waals surface area (Å²) in [6, 6.07) is 12.1. The molecule has 1 fully saturated rings. The van der Waals surface area contributed by atoms with E-state index in [0.717, 1.165) is 11.8 Å². The Morgan fingerprint density at radius 2 is 2.00 bits per heavy atom. The molecule has 0 saturated carbocycles. The molecular formula is C27H24ClF2N5O3. The van der Waals surface area contributed by atoms with Crippen LogP contribution >= 0.6 is 11.6 Å². The van der Waals surface area contributed by atoms with Gasteiger partial charge in [-0.05, 0) is 43.7 Å². The Kier molecular flexibility index (Phi) is 6.75. The lowest BCUT2D eigenvalue weighted by atomic mass is 9.97. The molecule has 1 aromatic heterocycles. The molecule has 38 heavy (non-hydrogen) atoms. The summed E-state index contributed by atoms with van der Waals surface area (Å²) in [5.74, 6) is -5.11. The van der Waals surface area contributed by atoms with Gasteiger partial charge in [0.1, 0.15) is 6.04 Å². The number of anilines is 1. The van der Waals surface area contributed by atoms with Crippen molar-refractivity contribution in [1.82, 2.24) is 20.4 Å². The van der Waals surface area contributed by atoms with E-state index >= 15 is 8.78 Å². The molecule has 3 heterocycles. The molecule has 11 heteroatoms. The number of para-hydroxylation sites is 1. The fourth-order valence-electron chi connectivity index (χ4n) is 4.64. The Morgan fingerprint density at radius 3 is 2.68 bits per heavy atom. The number of hydrogen-bond donors (Lipinski definition) is 2. The lowest BCUT2D eigenvalue weighted by molar-refractivity contribution is -0.125. The Balaban J connectivity index is 1.48. The van der Waals surface area contributed by atoms with Crippen LogP contribution in [0.25, 0.3) is 11.3 Å². The second kappa shape index (κ2) is 10.0. The third-order valence-corrected chi connectivity index (χ3v) is 6.90. The number of fused-ring (bicyclic) bond motifs is 1. The van der Waals surface area contributed by atoms with Crippen LogP contribution in [0, 0.1) is 6.92 Å². The number of halogens is 3. The van der Waals surface area contributed by atoms with Gasteiger partial charge < -0.3 is 15.5 Å². The average molecular weight is 540 g/mol. The molecule has 2 aliphatic rings. The Bertz CT molecular complexity index is 1470. The molecular weight excluding hydrogens is 516 g/mol. The second-order valence-corrected chi connectivity index (χ2v) is 9.60. The van der Waals surface area contributed by atoms with Crippen molar-refractivity contribution in [1.29, 1.82) is 0 Å². The molecule has 3 amide bonds. The maximum atomic E-state index is 15.4. The molecule has 0 spiro atoms. The normalized spacial score (nSPS) is 19.6. The number of benzene rings is 2. The van der Waals surface area contributed by atoms with E-state index in [1.54, 1.807) is 47.3 Å². The number of alkyl halides is 2. The predicted octanol–water partition coefficient (Wildman–Crippen LogP) is 3.91. The van der Waals surface area contributed by atoms with Gasteiger partial charge in [0.15, 0.2) is 0 Å². The van der Waals surface area contributed by atoms with E-state index in [-0.39, 0.29) is 34.3 Å². The van der Waals surface area contributed by atoms with E-state index in [9.17, 15) is 14.4 Å². The number of carbonyl (C=O) groups excluding carboxylic acids is 3. The predicted molar refractivity (Wildman–Crippen MR) is 139 cm³/mol. The summed E-state index contributed by atoms with van der Waals surface area (Å²) in [6.07, 6.45) is 2.26. The van der Waals surface area contributed by atoms with Crippen molar-refractivity contribution in [2.45, 2.75) is 31.7 Å². The summed E-state index contributed by atoms with van der Waals surface area (Å²) in [6.45, 7) is 1.95. The van der Waals surface area contributed by atoms with Gasteiger partial charge in [-0.15, -0.1) is 0 Å². The van der Waals surface area contributed by atoms with Crippen molar-refractivity contribution in [3.05, 3.63) is 82.6 Å². The summed E-state index contributed by atoms with van der Waals surface area (Å²) in [4.78, 5) is 39.3. The van der Waals surface area contributed by atoms with Crippen molar-refractivity contribution < 1.29 is 23.2 Å². The van der Waals surface area contributed by atoms with E-state index in [2.05, 4.69) is 15.7 Å². The van der Waals surface area contributed by atoms with Crippen molar-refractivity contribution in [2.24, 2.45) is 0 Å². The van der Waals surface area contributed by atoms with Gasteiger partial charge >= 0.3 is 0 Å². The summed E-state index contributed by atoms with van der Waals surface area (Å²) in [5.41, 5.74) is 1.37. The average Bonchev–Trinajstić information content (AvgIpc) is 3.47. The van der Waals surface area contributed by atoms with Gasteiger partial charge in [-0.1, -0.05) is 29.8 Å². The maximum absolute atomic E-state index is 15.4. The summed E-state index contributed by atoms with van der Waals surface area (Å²) >= 11 is 6.48. The molecule has 1 unspecified atom stereocenters. The number of amides is 3. The van der Waals surface area contributed by atoms with E-state index in [0.29, 0.717) is 18.7 Å². The van der Waals surface area contributed by atoms with E-state index in [1.807, 2.05) is 13.0 Å². The highest BCUT2D eigenvalue weighted by Crippen LogP contribution is 2.43. The summed E-state index contributed by atoms with van der Waals surface area (Å²) in [7, 11) is 0. The highest BCUT2D eigenvalue weighted by atomic mass is 35.5. The van der Waals surface area contributed by atoms with Crippen molar-refractivity contribution >= 4 is 40.6 Å². The second-order valence-electron chi connectivity index (χ2n) is 9.19. The molecule has 196 valence electrons. The molecule has 2 aliphatic heterocycles. The van der Waals surface area contributed by atoms with Crippen LogP contribution in [-0.4, -0.2) is 52.6 Å². The molecule has 8 nitrogen and oxygen atoms in total. The molecule has 5 rings (SSSR count). The Labute approximate surface area is 222 Å². The minimum atomic E-state index is -3.41. The van der Waals surface area contributed by atoms with Crippen molar-refractivity contribution in [3.63, 3.8) is 0 Å². The first-order valence-electron chi connectivity index (χ1n) is 12.1. The molecule has 2 aromatic carbocycles. The fourth-order valence-corrected chi connectivity index (χ4v) is 4.89. The summed E-state index contributed by atoms with van der Waals surface area (Å²) < 4.78 is 32.5. The van der Waals surface area contributed by atoms with E-state index in [4.69, 9.17) is 11.6 Å². The number of nitrogens with one attached hydrogen (secondary N) is 2.